The van der Waals surface area contributed by atoms with E-state index in [2.05, 4.69) is 37.5 Å². The van der Waals surface area contributed by atoms with Crippen molar-refractivity contribution < 1.29 is 9.21 Å². The van der Waals surface area contributed by atoms with Crippen LogP contribution in [0.5, 0.6) is 0 Å². The van der Waals surface area contributed by atoms with Gasteiger partial charge in [0.05, 0.1) is 6.04 Å². The van der Waals surface area contributed by atoms with E-state index in [-0.39, 0.29) is 23.4 Å². The molecule has 0 spiro atoms. The summed E-state index contributed by atoms with van der Waals surface area (Å²) in [6, 6.07) is 2.35. The number of nitrogens with one attached hydrogen (secondary N) is 2. The predicted molar refractivity (Wildman–Crippen MR) is 84.2 cm³/mol. The van der Waals surface area contributed by atoms with Crippen molar-refractivity contribution in [2.24, 2.45) is 5.41 Å². The van der Waals surface area contributed by atoms with Gasteiger partial charge in [-0.1, -0.05) is 20.8 Å². The molecular weight excluding hydrogens is 264 g/mol. The molecule has 2 rings (SSSR count). The van der Waals surface area contributed by atoms with Gasteiger partial charge in [0.1, 0.15) is 11.5 Å². The van der Waals surface area contributed by atoms with E-state index < -0.39 is 0 Å². The summed E-state index contributed by atoms with van der Waals surface area (Å²) in [5.74, 6) is 2.07. The van der Waals surface area contributed by atoms with Crippen molar-refractivity contribution in [1.82, 2.24) is 10.6 Å². The Morgan fingerprint density at radius 3 is 2.90 bits per heavy atom. The lowest BCUT2D eigenvalue weighted by Gasteiger charge is -2.34. The number of amides is 1. The Morgan fingerprint density at radius 2 is 2.24 bits per heavy atom. The minimum absolute atomic E-state index is 0.0718. The number of aryl methyl sites for hydroxylation is 1. The topological polar surface area (TPSA) is 54.3 Å². The fourth-order valence-corrected chi connectivity index (χ4v) is 3.27. The lowest BCUT2D eigenvalue weighted by molar-refractivity contribution is -0.122. The smallest absolute Gasteiger partial charge is 0.222 e. The second kappa shape index (κ2) is 6.22. The van der Waals surface area contributed by atoms with Gasteiger partial charge in [-0.3, -0.25) is 4.79 Å². The van der Waals surface area contributed by atoms with E-state index in [1.54, 1.807) is 0 Å². The average molecular weight is 292 g/mol. The molecule has 2 atom stereocenters. The Labute approximate surface area is 127 Å². The molecule has 1 aliphatic rings. The molecule has 2 unspecified atom stereocenters. The third kappa shape index (κ3) is 4.10. The van der Waals surface area contributed by atoms with Crippen molar-refractivity contribution in [3.05, 3.63) is 23.2 Å². The van der Waals surface area contributed by atoms with Crippen molar-refractivity contribution in [1.29, 1.82) is 0 Å². The fourth-order valence-electron chi connectivity index (χ4n) is 3.27. The quantitative estimate of drug-likeness (QED) is 0.877. The molecule has 1 aromatic rings. The van der Waals surface area contributed by atoms with E-state index in [1.165, 1.54) is 0 Å². The average Bonchev–Trinajstić information content (AvgIpc) is 2.67. The normalized spacial score (nSPS) is 21.7. The van der Waals surface area contributed by atoms with Gasteiger partial charge in [0.2, 0.25) is 5.91 Å². The van der Waals surface area contributed by atoms with E-state index in [4.69, 9.17) is 4.42 Å². The Hall–Kier alpha value is -1.29. The first-order valence-electron chi connectivity index (χ1n) is 7.92. The molecule has 1 aliphatic carbocycles. The Morgan fingerprint density at radius 1 is 1.52 bits per heavy atom. The Bertz CT molecular complexity index is 505. The zero-order valence-electron chi connectivity index (χ0n) is 13.9. The highest BCUT2D eigenvalue weighted by molar-refractivity contribution is 5.77. The molecule has 0 bridgehead atoms. The van der Waals surface area contributed by atoms with Crippen LogP contribution in [-0.2, 0) is 11.2 Å². The molecule has 2 N–H and O–H groups in total. The highest BCUT2D eigenvalue weighted by Crippen LogP contribution is 2.41. The molecule has 1 heterocycles. The van der Waals surface area contributed by atoms with Crippen LogP contribution in [0.2, 0.25) is 0 Å². The van der Waals surface area contributed by atoms with Gasteiger partial charge >= 0.3 is 0 Å². The third-order valence-electron chi connectivity index (χ3n) is 4.12. The SMILES string of the molecule is CCNC(C)CC(=O)NC1CC(C)(C)Cc2oc(C)cc21. The van der Waals surface area contributed by atoms with Gasteiger partial charge in [-0.15, -0.1) is 0 Å². The Balaban J connectivity index is 2.07. The molecule has 4 nitrogen and oxygen atoms in total. The molecule has 4 heteroatoms. The first kappa shape index (κ1) is 16.1. The third-order valence-corrected chi connectivity index (χ3v) is 4.12. The van der Waals surface area contributed by atoms with Crippen LogP contribution in [0, 0.1) is 12.3 Å². The molecule has 1 amide bonds. The first-order valence-corrected chi connectivity index (χ1v) is 7.92. The summed E-state index contributed by atoms with van der Waals surface area (Å²) >= 11 is 0. The Kier molecular flexibility index (Phi) is 4.77. The molecule has 0 aromatic carbocycles. The van der Waals surface area contributed by atoms with Gasteiger partial charge in [-0.2, -0.15) is 0 Å². The highest BCUT2D eigenvalue weighted by atomic mass is 16.3. The fraction of sp³-hybridized carbons (Fsp3) is 0.706. The first-order chi connectivity index (χ1) is 9.80. The molecule has 0 saturated carbocycles. The molecule has 1 aromatic heterocycles. The maximum atomic E-state index is 12.2. The van der Waals surface area contributed by atoms with Crippen LogP contribution in [-0.4, -0.2) is 18.5 Å². The van der Waals surface area contributed by atoms with Gasteiger partial charge in [-0.05, 0) is 38.3 Å². The zero-order chi connectivity index (χ0) is 15.6. The molecule has 0 aliphatic heterocycles. The summed E-state index contributed by atoms with van der Waals surface area (Å²) in [7, 11) is 0. The van der Waals surface area contributed by atoms with E-state index in [0.29, 0.717) is 6.42 Å². The van der Waals surface area contributed by atoms with Gasteiger partial charge in [-0.25, -0.2) is 0 Å². The van der Waals surface area contributed by atoms with E-state index >= 15 is 0 Å². The number of hydrogen-bond acceptors (Lipinski definition) is 3. The van der Waals surface area contributed by atoms with E-state index in [1.807, 2.05) is 13.8 Å². The van der Waals surface area contributed by atoms with Crippen LogP contribution >= 0.6 is 0 Å². The summed E-state index contributed by atoms with van der Waals surface area (Å²) in [5.41, 5.74) is 1.32. The molecule has 0 saturated heterocycles. The van der Waals surface area contributed by atoms with Crippen LogP contribution in [0.3, 0.4) is 0 Å². The van der Waals surface area contributed by atoms with E-state index in [9.17, 15) is 4.79 Å². The van der Waals surface area contributed by atoms with Gasteiger partial charge in [0, 0.05) is 24.4 Å². The number of carbonyl (C=O) groups excluding carboxylic acids is 1. The van der Waals surface area contributed by atoms with Crippen molar-refractivity contribution in [3.8, 4) is 0 Å². The largest absolute Gasteiger partial charge is 0.466 e. The van der Waals surface area contributed by atoms with Crippen LogP contribution in [0.1, 0.15) is 63.7 Å². The van der Waals surface area contributed by atoms with Gasteiger partial charge < -0.3 is 15.1 Å². The minimum atomic E-state index is 0.0718. The number of furan rings is 1. The summed E-state index contributed by atoms with van der Waals surface area (Å²) in [6.45, 7) is 11.4. The molecular formula is C17H28N2O2. The van der Waals surface area contributed by atoms with Crippen molar-refractivity contribution in [2.75, 3.05) is 6.54 Å². The number of carbonyl (C=O) groups is 1. The van der Waals surface area contributed by atoms with E-state index in [0.717, 1.165) is 36.5 Å². The minimum Gasteiger partial charge on any atom is -0.466 e. The maximum Gasteiger partial charge on any atom is 0.222 e. The van der Waals surface area contributed by atoms with Gasteiger partial charge in [0.15, 0.2) is 0 Å². The second-order valence-electron chi connectivity index (χ2n) is 7.06. The van der Waals surface area contributed by atoms with Crippen molar-refractivity contribution in [3.63, 3.8) is 0 Å². The lowest BCUT2D eigenvalue weighted by Crippen LogP contribution is -2.39. The molecule has 118 valence electrons. The summed E-state index contributed by atoms with van der Waals surface area (Å²) < 4.78 is 5.81. The molecule has 0 fully saturated rings. The number of hydrogen-bond donors (Lipinski definition) is 2. The summed E-state index contributed by atoms with van der Waals surface area (Å²) in [4.78, 5) is 12.2. The van der Waals surface area contributed by atoms with Crippen LogP contribution < -0.4 is 10.6 Å². The van der Waals surface area contributed by atoms with Crippen molar-refractivity contribution in [2.45, 2.75) is 66.0 Å². The second-order valence-corrected chi connectivity index (χ2v) is 7.06. The van der Waals surface area contributed by atoms with Crippen LogP contribution in [0.25, 0.3) is 0 Å². The lowest BCUT2D eigenvalue weighted by atomic mass is 9.74. The highest BCUT2D eigenvalue weighted by Gasteiger charge is 2.35. The molecule has 21 heavy (non-hydrogen) atoms. The van der Waals surface area contributed by atoms with Gasteiger partial charge in [0.25, 0.3) is 0 Å². The maximum absolute atomic E-state index is 12.2. The number of rotatable bonds is 5. The van der Waals surface area contributed by atoms with Crippen LogP contribution in [0.15, 0.2) is 10.5 Å². The van der Waals surface area contributed by atoms with Crippen LogP contribution in [0.4, 0.5) is 0 Å². The predicted octanol–water partition coefficient (Wildman–Crippen LogP) is 3.11. The monoisotopic (exact) mass is 292 g/mol. The van der Waals surface area contributed by atoms with Crippen molar-refractivity contribution >= 4 is 5.91 Å². The summed E-state index contributed by atoms with van der Waals surface area (Å²) in [6.07, 6.45) is 2.41. The number of fused-ring (bicyclic) bond motifs is 1. The molecule has 0 radical (unpaired) electrons. The zero-order valence-corrected chi connectivity index (χ0v) is 13.9. The summed E-state index contributed by atoms with van der Waals surface area (Å²) in [5, 5.41) is 6.47. The standard InChI is InChI=1S/C17H28N2O2/c1-6-18-11(2)7-16(20)19-14-9-17(4,5)10-15-13(14)8-12(3)21-15/h8,11,14,18H,6-7,9-10H2,1-5H3,(H,19,20).